The minimum Gasteiger partial charge on any atom is -0.252 e. The third kappa shape index (κ3) is 2.12. The molecule has 1 aliphatic rings. The Morgan fingerprint density at radius 1 is 1.07 bits per heavy atom. The summed E-state index contributed by atoms with van der Waals surface area (Å²) in [6.45, 7) is 9.28. The zero-order chi connectivity index (χ0) is 10.8. The van der Waals surface area contributed by atoms with Gasteiger partial charge in [-0.3, -0.25) is 5.26 Å². The van der Waals surface area contributed by atoms with Crippen molar-refractivity contribution in [3.63, 3.8) is 0 Å². The highest BCUT2D eigenvalue weighted by Gasteiger charge is 2.40. The molecule has 84 valence electrons. The van der Waals surface area contributed by atoms with Crippen molar-refractivity contribution in [2.24, 2.45) is 17.3 Å². The summed E-state index contributed by atoms with van der Waals surface area (Å²) in [5, 5.41) is 8.64. The van der Waals surface area contributed by atoms with Crippen LogP contribution in [0.25, 0.3) is 0 Å². The maximum absolute atomic E-state index is 8.64. The Morgan fingerprint density at radius 3 is 1.79 bits per heavy atom. The minimum atomic E-state index is 0.0839. The van der Waals surface area contributed by atoms with Crippen molar-refractivity contribution in [3.8, 4) is 0 Å². The Labute approximate surface area is 87.6 Å². The summed E-state index contributed by atoms with van der Waals surface area (Å²) >= 11 is 0. The lowest BCUT2D eigenvalue weighted by atomic mass is 9.60. The van der Waals surface area contributed by atoms with Crippen LogP contribution < -0.4 is 0 Å². The molecule has 0 aromatic rings. The molecule has 1 fully saturated rings. The van der Waals surface area contributed by atoms with Gasteiger partial charge in [-0.1, -0.05) is 27.7 Å². The van der Waals surface area contributed by atoms with Gasteiger partial charge in [-0.25, -0.2) is 4.89 Å². The SMILES string of the molecule is CC(C)C1(C(C)C)CCC(OO)CC1. The molecule has 0 aliphatic heterocycles. The van der Waals surface area contributed by atoms with Gasteiger partial charge in [0.05, 0.1) is 6.10 Å². The van der Waals surface area contributed by atoms with Crippen LogP contribution in [0.15, 0.2) is 0 Å². The normalized spacial score (nSPS) is 23.4. The van der Waals surface area contributed by atoms with E-state index in [2.05, 4.69) is 32.6 Å². The Kier molecular flexibility index (Phi) is 3.96. The van der Waals surface area contributed by atoms with Crippen LogP contribution in [0.5, 0.6) is 0 Å². The van der Waals surface area contributed by atoms with Crippen molar-refractivity contribution in [1.29, 1.82) is 0 Å². The van der Waals surface area contributed by atoms with Crippen molar-refractivity contribution in [1.82, 2.24) is 0 Å². The first kappa shape index (κ1) is 12.0. The van der Waals surface area contributed by atoms with Gasteiger partial charge < -0.3 is 0 Å². The van der Waals surface area contributed by atoms with Gasteiger partial charge in [0.1, 0.15) is 0 Å². The van der Waals surface area contributed by atoms with Crippen LogP contribution in [0, 0.1) is 17.3 Å². The first-order valence-electron chi connectivity index (χ1n) is 5.83. The van der Waals surface area contributed by atoms with Gasteiger partial charge in [0, 0.05) is 0 Å². The summed E-state index contributed by atoms with van der Waals surface area (Å²) in [7, 11) is 0. The van der Waals surface area contributed by atoms with Gasteiger partial charge in [0.25, 0.3) is 0 Å². The average molecular weight is 200 g/mol. The predicted octanol–water partition coefficient (Wildman–Crippen LogP) is 3.72. The molecular formula is C12H24O2. The second-order valence-corrected chi connectivity index (χ2v) is 5.35. The molecule has 0 radical (unpaired) electrons. The Morgan fingerprint density at radius 2 is 1.50 bits per heavy atom. The molecule has 0 atom stereocenters. The van der Waals surface area contributed by atoms with E-state index in [4.69, 9.17) is 5.26 Å². The summed E-state index contributed by atoms with van der Waals surface area (Å²) < 4.78 is 0. The van der Waals surface area contributed by atoms with Crippen molar-refractivity contribution in [3.05, 3.63) is 0 Å². The molecule has 0 aromatic heterocycles. The molecule has 1 aliphatic carbocycles. The van der Waals surface area contributed by atoms with Gasteiger partial charge in [-0.05, 0) is 42.9 Å². The summed E-state index contributed by atoms with van der Waals surface area (Å²) in [6.07, 6.45) is 4.47. The van der Waals surface area contributed by atoms with E-state index in [9.17, 15) is 0 Å². The van der Waals surface area contributed by atoms with E-state index in [1.54, 1.807) is 0 Å². The Bertz CT molecular complexity index is 157. The summed E-state index contributed by atoms with van der Waals surface area (Å²) in [5.74, 6) is 1.45. The van der Waals surface area contributed by atoms with Crippen LogP contribution in [0.3, 0.4) is 0 Å². The van der Waals surface area contributed by atoms with Crippen LogP contribution in [0.2, 0.25) is 0 Å². The molecule has 1 N–H and O–H groups in total. The molecule has 0 heterocycles. The lowest BCUT2D eigenvalue weighted by Crippen LogP contribution is -2.38. The first-order valence-corrected chi connectivity index (χ1v) is 5.83. The lowest BCUT2D eigenvalue weighted by molar-refractivity contribution is -0.289. The molecule has 0 saturated heterocycles. The second kappa shape index (κ2) is 4.63. The topological polar surface area (TPSA) is 29.5 Å². The smallest absolute Gasteiger partial charge is 0.0927 e. The van der Waals surface area contributed by atoms with E-state index in [-0.39, 0.29) is 6.10 Å². The highest BCUT2D eigenvalue weighted by molar-refractivity contribution is 4.90. The molecule has 14 heavy (non-hydrogen) atoms. The first-order chi connectivity index (χ1) is 6.53. The third-order valence-electron chi connectivity index (χ3n) is 4.31. The third-order valence-corrected chi connectivity index (χ3v) is 4.31. The monoisotopic (exact) mass is 200 g/mol. The summed E-state index contributed by atoms with van der Waals surface area (Å²) in [5.41, 5.74) is 0.467. The molecule has 2 nitrogen and oxygen atoms in total. The fraction of sp³-hybridized carbons (Fsp3) is 1.00. The fourth-order valence-corrected chi connectivity index (χ4v) is 3.06. The minimum absolute atomic E-state index is 0.0839. The molecule has 0 amide bonds. The van der Waals surface area contributed by atoms with Gasteiger partial charge >= 0.3 is 0 Å². The van der Waals surface area contributed by atoms with E-state index in [0.29, 0.717) is 5.41 Å². The number of hydrogen-bond donors (Lipinski definition) is 1. The molecule has 0 bridgehead atoms. The van der Waals surface area contributed by atoms with E-state index < -0.39 is 0 Å². The highest BCUT2D eigenvalue weighted by Crippen LogP contribution is 2.48. The Hall–Kier alpha value is -0.0800. The van der Waals surface area contributed by atoms with E-state index in [0.717, 1.165) is 24.7 Å². The van der Waals surface area contributed by atoms with Crippen molar-refractivity contribution < 1.29 is 10.1 Å². The van der Waals surface area contributed by atoms with Crippen LogP contribution in [0.4, 0.5) is 0 Å². The molecule has 0 aromatic carbocycles. The largest absolute Gasteiger partial charge is 0.252 e. The van der Waals surface area contributed by atoms with Gasteiger partial charge in [-0.2, -0.15) is 0 Å². The van der Waals surface area contributed by atoms with Gasteiger partial charge in [0.2, 0.25) is 0 Å². The zero-order valence-corrected chi connectivity index (χ0v) is 9.92. The standard InChI is InChI=1S/C12H24O2/c1-9(2)12(10(3)4)7-5-11(14-13)6-8-12/h9-11,13H,5-8H2,1-4H3. The quantitative estimate of drug-likeness (QED) is 0.556. The van der Waals surface area contributed by atoms with Gasteiger partial charge in [-0.15, -0.1) is 0 Å². The molecular weight excluding hydrogens is 176 g/mol. The average Bonchev–Trinajstić information content (AvgIpc) is 2.17. The van der Waals surface area contributed by atoms with Crippen LogP contribution in [0.1, 0.15) is 53.4 Å². The van der Waals surface area contributed by atoms with Crippen LogP contribution in [-0.4, -0.2) is 11.4 Å². The summed E-state index contributed by atoms with van der Waals surface area (Å²) in [6, 6.07) is 0. The highest BCUT2D eigenvalue weighted by atomic mass is 17.1. The van der Waals surface area contributed by atoms with Crippen molar-refractivity contribution in [2.75, 3.05) is 0 Å². The fourth-order valence-electron chi connectivity index (χ4n) is 3.06. The number of rotatable bonds is 3. The van der Waals surface area contributed by atoms with E-state index in [1.165, 1.54) is 12.8 Å². The van der Waals surface area contributed by atoms with Crippen molar-refractivity contribution in [2.45, 2.75) is 59.5 Å². The number of hydrogen-bond acceptors (Lipinski definition) is 2. The molecule has 2 heteroatoms. The lowest BCUT2D eigenvalue weighted by Gasteiger charge is -2.46. The maximum Gasteiger partial charge on any atom is 0.0927 e. The zero-order valence-electron chi connectivity index (χ0n) is 9.92. The molecule has 0 unspecified atom stereocenters. The van der Waals surface area contributed by atoms with Gasteiger partial charge in [0.15, 0.2) is 0 Å². The molecule has 0 spiro atoms. The molecule has 1 saturated carbocycles. The second-order valence-electron chi connectivity index (χ2n) is 5.35. The maximum atomic E-state index is 8.64. The van der Waals surface area contributed by atoms with Crippen LogP contribution in [-0.2, 0) is 4.89 Å². The van der Waals surface area contributed by atoms with E-state index in [1.807, 2.05) is 0 Å². The van der Waals surface area contributed by atoms with Crippen molar-refractivity contribution >= 4 is 0 Å². The summed E-state index contributed by atoms with van der Waals surface area (Å²) in [4.78, 5) is 4.44. The van der Waals surface area contributed by atoms with Crippen LogP contribution >= 0.6 is 0 Å². The molecule has 1 rings (SSSR count). The Balaban J connectivity index is 2.65. The predicted molar refractivity (Wildman–Crippen MR) is 58.1 cm³/mol. The van der Waals surface area contributed by atoms with E-state index >= 15 is 0 Å².